The second-order valence-corrected chi connectivity index (χ2v) is 15.8. The standard InChI is InChI=1S/C56H33NO/c1-2-12-37(13-3-1)55-57-51-30-27-36-23-21-35-22-24-40(32-46(35)52(36)54(51)58-55)38-14-10-15-39(31-38)41-25-28-45-50(33-41)56(49-29-26-34-11-4-5-16-42(34)53(45)49)47-19-8-6-17-43(47)44-18-7-9-20-48(44)56/h1-33H. The van der Waals surface area contributed by atoms with Crippen LogP contribution in [-0.4, -0.2) is 4.98 Å². The van der Waals surface area contributed by atoms with Crippen LogP contribution < -0.4 is 0 Å². The number of rotatable bonds is 3. The summed E-state index contributed by atoms with van der Waals surface area (Å²) in [5, 5.41) is 7.13. The van der Waals surface area contributed by atoms with Crippen molar-refractivity contribution < 1.29 is 4.42 Å². The Morgan fingerprint density at radius 3 is 1.79 bits per heavy atom. The van der Waals surface area contributed by atoms with Gasteiger partial charge in [0.15, 0.2) is 5.58 Å². The molecule has 0 radical (unpaired) electrons. The molecule has 0 saturated carbocycles. The fourth-order valence-corrected chi connectivity index (χ4v) is 10.4. The van der Waals surface area contributed by atoms with Crippen molar-refractivity contribution in [3.8, 4) is 56.0 Å². The van der Waals surface area contributed by atoms with Gasteiger partial charge in [-0.05, 0) is 130 Å². The summed E-state index contributed by atoms with van der Waals surface area (Å²) in [6, 6.07) is 73.5. The molecule has 10 aromatic carbocycles. The lowest BCUT2D eigenvalue weighted by molar-refractivity contribution is 0.623. The second-order valence-electron chi connectivity index (χ2n) is 15.8. The SMILES string of the molecule is c1ccc(-c2nc3ccc4ccc5ccc(-c6cccc(-c7ccc8c(c7)C7(c9ccccc9-c9ccccc97)c7ccc9ccccc9c7-8)c6)cc5c4c3o2)cc1. The van der Waals surface area contributed by atoms with Gasteiger partial charge in [-0.3, -0.25) is 0 Å². The molecule has 11 aromatic rings. The molecule has 58 heavy (non-hydrogen) atoms. The maximum atomic E-state index is 6.55. The summed E-state index contributed by atoms with van der Waals surface area (Å²) in [4.78, 5) is 4.90. The van der Waals surface area contributed by atoms with Crippen molar-refractivity contribution >= 4 is 43.4 Å². The van der Waals surface area contributed by atoms with Gasteiger partial charge in [0.05, 0.1) is 5.41 Å². The van der Waals surface area contributed by atoms with Crippen LogP contribution in [0.25, 0.3) is 99.4 Å². The van der Waals surface area contributed by atoms with E-state index in [4.69, 9.17) is 9.40 Å². The normalized spacial score (nSPS) is 13.3. The largest absolute Gasteiger partial charge is 0.435 e. The van der Waals surface area contributed by atoms with Gasteiger partial charge in [0, 0.05) is 10.9 Å². The van der Waals surface area contributed by atoms with Gasteiger partial charge in [0.2, 0.25) is 5.89 Å². The Kier molecular flexibility index (Phi) is 6.40. The van der Waals surface area contributed by atoms with E-state index in [-0.39, 0.29) is 0 Å². The van der Waals surface area contributed by atoms with Crippen molar-refractivity contribution in [3.05, 3.63) is 222 Å². The zero-order valence-corrected chi connectivity index (χ0v) is 31.4. The molecule has 0 fully saturated rings. The summed E-state index contributed by atoms with van der Waals surface area (Å²) in [5.74, 6) is 0.640. The topological polar surface area (TPSA) is 26.0 Å². The second kappa shape index (κ2) is 11.7. The highest BCUT2D eigenvalue weighted by Gasteiger charge is 2.52. The van der Waals surface area contributed by atoms with Crippen LogP contribution in [0.3, 0.4) is 0 Å². The van der Waals surface area contributed by atoms with E-state index >= 15 is 0 Å². The lowest BCUT2D eigenvalue weighted by Crippen LogP contribution is -2.25. The van der Waals surface area contributed by atoms with E-state index in [9.17, 15) is 0 Å². The summed E-state index contributed by atoms with van der Waals surface area (Å²) < 4.78 is 6.55. The smallest absolute Gasteiger partial charge is 0.227 e. The fraction of sp³-hybridized carbons (Fsp3) is 0.0179. The molecule has 2 nitrogen and oxygen atoms in total. The van der Waals surface area contributed by atoms with Crippen LogP contribution in [0.1, 0.15) is 22.3 Å². The van der Waals surface area contributed by atoms with Crippen LogP contribution in [-0.2, 0) is 5.41 Å². The van der Waals surface area contributed by atoms with Crippen LogP contribution in [0.4, 0.5) is 0 Å². The third kappa shape index (κ3) is 4.24. The third-order valence-electron chi connectivity index (χ3n) is 12.9. The summed E-state index contributed by atoms with van der Waals surface area (Å²) in [5.41, 5.74) is 17.7. The molecule has 0 unspecified atom stereocenters. The van der Waals surface area contributed by atoms with Crippen LogP contribution in [0.2, 0.25) is 0 Å². The molecule has 0 atom stereocenters. The molecular weight excluding hydrogens is 703 g/mol. The van der Waals surface area contributed by atoms with Crippen LogP contribution in [0.5, 0.6) is 0 Å². The van der Waals surface area contributed by atoms with E-state index in [2.05, 4.69) is 170 Å². The van der Waals surface area contributed by atoms with Crippen molar-refractivity contribution in [3.63, 3.8) is 0 Å². The average molecular weight is 736 g/mol. The minimum Gasteiger partial charge on any atom is -0.435 e. The molecule has 13 rings (SSSR count). The monoisotopic (exact) mass is 735 g/mol. The van der Waals surface area contributed by atoms with Gasteiger partial charge >= 0.3 is 0 Å². The molecule has 2 aliphatic carbocycles. The van der Waals surface area contributed by atoms with E-state index in [1.807, 2.05) is 30.3 Å². The number of benzene rings is 10. The minimum absolute atomic E-state index is 0.415. The number of fused-ring (bicyclic) bond motifs is 17. The first kappa shape index (κ1) is 31.6. The van der Waals surface area contributed by atoms with E-state index in [1.54, 1.807) is 0 Å². The van der Waals surface area contributed by atoms with Gasteiger partial charge in [-0.1, -0.05) is 164 Å². The molecule has 1 aromatic heterocycles. The molecule has 1 heterocycles. The molecule has 0 aliphatic heterocycles. The average Bonchev–Trinajstić information content (AvgIpc) is 3.96. The highest BCUT2D eigenvalue weighted by Crippen LogP contribution is 2.64. The number of oxazole rings is 1. The lowest BCUT2D eigenvalue weighted by Gasteiger charge is -2.31. The van der Waals surface area contributed by atoms with E-state index in [1.165, 1.54) is 77.4 Å². The number of nitrogens with zero attached hydrogens (tertiary/aromatic N) is 1. The van der Waals surface area contributed by atoms with Crippen molar-refractivity contribution in [2.24, 2.45) is 0 Å². The van der Waals surface area contributed by atoms with Crippen molar-refractivity contribution in [2.45, 2.75) is 5.41 Å². The molecule has 0 saturated heterocycles. The summed E-state index contributed by atoms with van der Waals surface area (Å²) in [6.45, 7) is 0. The maximum Gasteiger partial charge on any atom is 0.227 e. The Balaban J connectivity index is 0.994. The lowest BCUT2D eigenvalue weighted by atomic mass is 9.70. The van der Waals surface area contributed by atoms with Crippen LogP contribution in [0, 0.1) is 0 Å². The summed E-state index contributed by atoms with van der Waals surface area (Å²) in [6.07, 6.45) is 0. The number of hydrogen-bond acceptors (Lipinski definition) is 2. The van der Waals surface area contributed by atoms with Gasteiger partial charge in [0.1, 0.15) is 5.52 Å². The van der Waals surface area contributed by atoms with E-state index in [0.29, 0.717) is 5.89 Å². The van der Waals surface area contributed by atoms with Gasteiger partial charge in [-0.2, -0.15) is 0 Å². The fourth-order valence-electron chi connectivity index (χ4n) is 10.4. The van der Waals surface area contributed by atoms with Gasteiger partial charge in [-0.25, -0.2) is 4.98 Å². The van der Waals surface area contributed by atoms with Gasteiger partial charge in [0.25, 0.3) is 0 Å². The highest BCUT2D eigenvalue weighted by molar-refractivity contribution is 6.18. The number of hydrogen-bond donors (Lipinski definition) is 0. The summed E-state index contributed by atoms with van der Waals surface area (Å²) >= 11 is 0. The molecule has 2 aliphatic rings. The van der Waals surface area contributed by atoms with Gasteiger partial charge < -0.3 is 4.42 Å². The Bertz CT molecular complexity index is 3470. The van der Waals surface area contributed by atoms with Crippen molar-refractivity contribution in [1.29, 1.82) is 0 Å². The third-order valence-corrected chi connectivity index (χ3v) is 12.9. The zero-order valence-electron chi connectivity index (χ0n) is 31.4. The molecule has 1 spiro atoms. The molecule has 0 N–H and O–H groups in total. The van der Waals surface area contributed by atoms with Crippen LogP contribution >= 0.6 is 0 Å². The van der Waals surface area contributed by atoms with Crippen LogP contribution in [0.15, 0.2) is 205 Å². The van der Waals surface area contributed by atoms with E-state index in [0.717, 1.165) is 38.4 Å². The highest BCUT2D eigenvalue weighted by atomic mass is 16.3. The first-order valence-corrected chi connectivity index (χ1v) is 20.0. The van der Waals surface area contributed by atoms with Crippen molar-refractivity contribution in [2.75, 3.05) is 0 Å². The Labute approximate surface area is 335 Å². The zero-order chi connectivity index (χ0) is 38.0. The predicted octanol–water partition coefficient (Wildman–Crippen LogP) is 14.6. The Morgan fingerprint density at radius 1 is 0.362 bits per heavy atom. The Hall–Kier alpha value is -7.55. The molecule has 2 heteroatoms. The maximum absolute atomic E-state index is 6.55. The molecule has 0 bridgehead atoms. The van der Waals surface area contributed by atoms with Crippen molar-refractivity contribution in [1.82, 2.24) is 4.98 Å². The van der Waals surface area contributed by atoms with Gasteiger partial charge in [-0.15, -0.1) is 0 Å². The molecular formula is C56H33NO. The first-order chi connectivity index (χ1) is 28.7. The first-order valence-electron chi connectivity index (χ1n) is 20.0. The number of aromatic nitrogens is 1. The Morgan fingerprint density at radius 2 is 0.966 bits per heavy atom. The minimum atomic E-state index is -0.415. The quantitative estimate of drug-likeness (QED) is 0.169. The molecule has 0 amide bonds. The molecule has 268 valence electrons. The predicted molar refractivity (Wildman–Crippen MR) is 239 cm³/mol. The summed E-state index contributed by atoms with van der Waals surface area (Å²) in [7, 11) is 0. The van der Waals surface area contributed by atoms with E-state index < -0.39 is 5.41 Å².